The van der Waals surface area contributed by atoms with Crippen LogP contribution in [0.25, 0.3) is 21.9 Å². The normalized spacial score (nSPS) is 13.0. The second kappa shape index (κ2) is 22.4. The van der Waals surface area contributed by atoms with Crippen molar-refractivity contribution < 1.29 is 51.0 Å². The van der Waals surface area contributed by atoms with Gasteiger partial charge in [0.15, 0.2) is 0 Å². The van der Waals surface area contributed by atoms with E-state index >= 15 is 0 Å². The van der Waals surface area contributed by atoms with E-state index in [1.807, 2.05) is 0 Å². The minimum atomic E-state index is 0. The van der Waals surface area contributed by atoms with Gasteiger partial charge in [-0.25, -0.2) is 11.1 Å². The molecule has 1 aliphatic carbocycles. The molecule has 35 heavy (non-hydrogen) atoms. The summed E-state index contributed by atoms with van der Waals surface area (Å²) in [5.41, 5.74) is 6.65. The van der Waals surface area contributed by atoms with Crippen molar-refractivity contribution in [3.05, 3.63) is 89.5 Å². The van der Waals surface area contributed by atoms with Gasteiger partial charge in [0.2, 0.25) is 0 Å². The van der Waals surface area contributed by atoms with Crippen molar-refractivity contribution in [1.29, 1.82) is 0 Å². The fourth-order valence-electron chi connectivity index (χ4n) is 3.75. The van der Waals surface area contributed by atoms with Gasteiger partial charge in [0.25, 0.3) is 0 Å². The Morgan fingerprint density at radius 3 is 1.86 bits per heavy atom. The molecule has 3 radical (unpaired) electrons. The predicted molar refractivity (Wildman–Crippen MR) is 146 cm³/mol. The minimum Gasteiger partial charge on any atom is -1.00 e. The summed E-state index contributed by atoms with van der Waals surface area (Å²) in [7, 11) is 2.97. The molecule has 0 N–H and O–H groups in total. The van der Waals surface area contributed by atoms with Crippen molar-refractivity contribution in [2.24, 2.45) is 5.92 Å². The molecule has 0 nitrogen and oxygen atoms in total. The van der Waals surface area contributed by atoms with Crippen LogP contribution in [0.4, 0.5) is 0 Å². The first kappa shape index (κ1) is 38.7. The number of unbranched alkanes of at least 4 members (excludes halogenated alkanes) is 3. The standard InChI is InChI=1S/C16H13.C8H11.C6H14.CH3Si.2ClH.Zr/c1-12-10-14-8-5-9-15(16(14)11-12)13-6-3-2-4-7-13;1-6-4-7(2)8(3)5-6;1-3-5-6-4-2;1-2;;;/h2-11H,1H3;4,6H,1-3H3;3-6H2,1-2H3;1H3;2*1H;/q2*-1;;;;;+4/p-2. The quantitative estimate of drug-likeness (QED) is 0.243. The Bertz CT molecular complexity index is 952. The Morgan fingerprint density at radius 1 is 0.857 bits per heavy atom. The summed E-state index contributed by atoms with van der Waals surface area (Å²) in [6.45, 7) is 14.8. The van der Waals surface area contributed by atoms with Gasteiger partial charge >= 0.3 is 26.2 Å². The van der Waals surface area contributed by atoms with Gasteiger partial charge in [0, 0.05) is 10.2 Å². The van der Waals surface area contributed by atoms with Crippen molar-refractivity contribution in [3.63, 3.8) is 0 Å². The summed E-state index contributed by atoms with van der Waals surface area (Å²) in [4.78, 5) is 0. The summed E-state index contributed by atoms with van der Waals surface area (Å²) in [6.07, 6.45) is 11.1. The van der Waals surface area contributed by atoms with Gasteiger partial charge in [-0.2, -0.15) is 12.1 Å². The van der Waals surface area contributed by atoms with Gasteiger partial charge in [0.1, 0.15) is 0 Å². The molecular weight excluding hydrogens is 563 g/mol. The number of hydrogen-bond acceptors (Lipinski definition) is 0. The Kier molecular flexibility index (Phi) is 24.8. The molecule has 0 saturated heterocycles. The fraction of sp³-hybridized carbons (Fsp3) is 0.387. The number of aryl methyl sites for hydroxylation is 1. The maximum atomic E-state index is 3.29. The van der Waals surface area contributed by atoms with Crippen molar-refractivity contribution in [3.8, 4) is 11.1 Å². The van der Waals surface area contributed by atoms with Crippen molar-refractivity contribution >= 4 is 21.0 Å². The van der Waals surface area contributed by atoms with Crippen molar-refractivity contribution in [1.82, 2.24) is 0 Å². The molecule has 0 heterocycles. The first-order chi connectivity index (χ1) is 15.5. The van der Waals surface area contributed by atoms with Gasteiger partial charge in [-0.05, 0) is 5.56 Å². The Morgan fingerprint density at radius 2 is 1.43 bits per heavy atom. The molecule has 0 aromatic heterocycles. The van der Waals surface area contributed by atoms with E-state index in [0.29, 0.717) is 5.92 Å². The van der Waals surface area contributed by atoms with E-state index in [4.69, 9.17) is 0 Å². The van der Waals surface area contributed by atoms with Gasteiger partial charge in [-0.1, -0.05) is 115 Å². The molecule has 1 aliphatic rings. The average molecular weight is 604 g/mol. The molecule has 0 saturated carbocycles. The summed E-state index contributed by atoms with van der Waals surface area (Å²) in [5.74, 6) is 0.551. The van der Waals surface area contributed by atoms with E-state index in [0.717, 1.165) is 0 Å². The van der Waals surface area contributed by atoms with Gasteiger partial charge in [-0.15, -0.1) is 41.5 Å². The molecule has 3 aromatic carbocycles. The van der Waals surface area contributed by atoms with Crippen LogP contribution in [0, 0.1) is 18.9 Å². The zero-order valence-corrected chi connectivity index (χ0v) is 27.5. The van der Waals surface area contributed by atoms with E-state index in [-0.39, 0.29) is 51.0 Å². The summed E-state index contributed by atoms with van der Waals surface area (Å²) < 4.78 is 0. The van der Waals surface area contributed by atoms with Crippen LogP contribution in [0.3, 0.4) is 0 Å². The van der Waals surface area contributed by atoms with Crippen molar-refractivity contribution in [2.45, 2.75) is 73.8 Å². The summed E-state index contributed by atoms with van der Waals surface area (Å²) in [6, 6.07) is 21.6. The molecule has 187 valence electrons. The monoisotopic (exact) mass is 601 g/mol. The molecule has 0 spiro atoms. The van der Waals surface area contributed by atoms with Crippen molar-refractivity contribution in [2.75, 3.05) is 0 Å². The zero-order valence-electron chi connectivity index (χ0n) is 22.5. The Balaban J connectivity index is -0.000000463. The molecule has 1 atom stereocenters. The molecule has 0 bridgehead atoms. The third-order valence-electron chi connectivity index (χ3n) is 5.47. The number of allylic oxidation sites excluding steroid dienone is 4. The topological polar surface area (TPSA) is 0 Å². The molecule has 4 heteroatoms. The maximum absolute atomic E-state index is 3.29. The molecular formula is C31H41Cl2SiZr. The van der Waals surface area contributed by atoms with E-state index in [9.17, 15) is 0 Å². The van der Waals surface area contributed by atoms with Crippen LogP contribution in [0.1, 0.15) is 65.9 Å². The van der Waals surface area contributed by atoms with Crippen LogP contribution in [-0.2, 0) is 26.2 Å². The molecule has 1 unspecified atom stereocenters. The third kappa shape index (κ3) is 13.9. The Hall–Kier alpha value is -0.790. The number of benzene rings is 2. The fourth-order valence-corrected chi connectivity index (χ4v) is 3.75. The second-order valence-electron chi connectivity index (χ2n) is 8.32. The first-order valence-electron chi connectivity index (χ1n) is 12.0. The van der Waals surface area contributed by atoms with Crippen LogP contribution in [-0.4, -0.2) is 10.2 Å². The first-order valence-corrected chi connectivity index (χ1v) is 13.0. The SMILES string of the molecule is CC1=[C-]C(C)C=C1C.CCCCCC.C[Si].Cc1cc2c(-c3ccccc3)cccc2[cH-]1.[Cl-].[Cl-].[Zr+4]. The number of fused-ring (bicyclic) bond motifs is 1. The minimum absolute atomic E-state index is 0. The Labute approximate surface area is 250 Å². The molecule has 3 aromatic rings. The van der Waals surface area contributed by atoms with E-state index in [1.54, 1.807) is 6.55 Å². The van der Waals surface area contributed by atoms with Gasteiger partial charge < -0.3 is 24.8 Å². The predicted octanol–water partition coefficient (Wildman–Crippen LogP) is 3.66. The summed E-state index contributed by atoms with van der Waals surface area (Å²) in [5, 5.41) is 2.69. The largest absolute Gasteiger partial charge is 4.00 e. The van der Waals surface area contributed by atoms with E-state index in [2.05, 4.69) is 125 Å². The third-order valence-corrected chi connectivity index (χ3v) is 5.47. The maximum Gasteiger partial charge on any atom is 4.00 e. The smallest absolute Gasteiger partial charge is 1.00 e. The molecule has 0 aliphatic heterocycles. The molecule has 4 rings (SSSR count). The van der Waals surface area contributed by atoms with Gasteiger partial charge in [-0.3, -0.25) is 6.08 Å². The van der Waals surface area contributed by atoms with Gasteiger partial charge in [0.05, 0.1) is 0 Å². The number of halogens is 2. The molecule has 0 amide bonds. The van der Waals surface area contributed by atoms with Crippen LogP contribution in [0.2, 0.25) is 6.55 Å². The van der Waals surface area contributed by atoms with Crippen LogP contribution >= 0.6 is 0 Å². The second-order valence-corrected chi connectivity index (χ2v) is 8.32. The van der Waals surface area contributed by atoms with Crippen LogP contribution in [0.15, 0.2) is 77.9 Å². The van der Waals surface area contributed by atoms with E-state index in [1.165, 1.54) is 64.3 Å². The van der Waals surface area contributed by atoms with E-state index < -0.39 is 0 Å². The van der Waals surface area contributed by atoms with Crippen LogP contribution < -0.4 is 24.8 Å². The number of rotatable bonds is 4. The van der Waals surface area contributed by atoms with Crippen LogP contribution in [0.5, 0.6) is 0 Å². The average Bonchev–Trinajstić information content (AvgIpc) is 3.34. The zero-order chi connectivity index (χ0) is 23.9. The summed E-state index contributed by atoms with van der Waals surface area (Å²) >= 11 is 0. The molecule has 0 fully saturated rings. The number of hydrogen-bond donors (Lipinski definition) is 0.